The minimum absolute atomic E-state index is 0.0540. The molecule has 1 aromatic carbocycles. The molecule has 1 amide bonds. The number of rotatable bonds is 6. The molecule has 5 rings (SSSR count). The van der Waals surface area contributed by atoms with Crippen molar-refractivity contribution in [3.05, 3.63) is 87.8 Å². The van der Waals surface area contributed by atoms with Crippen LogP contribution in [0.25, 0.3) is 16.2 Å². The Bertz CT molecular complexity index is 1600. The summed E-state index contributed by atoms with van der Waals surface area (Å²) < 4.78 is 44.2. The van der Waals surface area contributed by atoms with Crippen molar-refractivity contribution in [1.29, 1.82) is 0 Å². The zero-order valence-corrected chi connectivity index (χ0v) is 21.1. The van der Waals surface area contributed by atoms with Crippen LogP contribution in [0.15, 0.2) is 54.6 Å². The molecule has 0 bridgehead atoms. The molecule has 0 saturated heterocycles. The van der Waals surface area contributed by atoms with Crippen LogP contribution in [0.3, 0.4) is 0 Å². The highest BCUT2D eigenvalue weighted by atomic mass is 32.1. The molecule has 0 aliphatic heterocycles. The van der Waals surface area contributed by atoms with Crippen molar-refractivity contribution in [3.63, 3.8) is 0 Å². The number of carbonyl (C=O) groups is 1. The van der Waals surface area contributed by atoms with Crippen LogP contribution < -0.4 is 5.32 Å². The molecule has 7 nitrogen and oxygen atoms in total. The summed E-state index contributed by atoms with van der Waals surface area (Å²) in [5.74, 6) is -0.629. The van der Waals surface area contributed by atoms with Crippen LogP contribution in [0.5, 0.6) is 0 Å². The third kappa shape index (κ3) is 5.12. The summed E-state index contributed by atoms with van der Waals surface area (Å²) in [5, 5.41) is 11.1. The van der Waals surface area contributed by atoms with Crippen molar-refractivity contribution in [2.24, 2.45) is 0 Å². The molecule has 0 aliphatic rings. The first-order chi connectivity index (χ1) is 17.6. The van der Waals surface area contributed by atoms with E-state index in [1.165, 1.54) is 17.4 Å². The Hall–Kier alpha value is -3.99. The molecule has 190 valence electrons. The highest BCUT2D eigenvalue weighted by Gasteiger charge is 2.35. The number of aromatic nitrogens is 5. The van der Waals surface area contributed by atoms with E-state index >= 15 is 0 Å². The predicted octanol–water partition coefficient (Wildman–Crippen LogP) is 6.15. The molecule has 0 spiro atoms. The van der Waals surface area contributed by atoms with E-state index in [0.717, 1.165) is 34.3 Å². The third-order valence-corrected chi connectivity index (χ3v) is 7.11. The lowest BCUT2D eigenvalue weighted by molar-refractivity contribution is -0.142. The van der Waals surface area contributed by atoms with Gasteiger partial charge in [0.05, 0.1) is 22.8 Å². The van der Waals surface area contributed by atoms with Crippen molar-refractivity contribution in [1.82, 2.24) is 24.4 Å². The summed E-state index contributed by atoms with van der Waals surface area (Å²) in [4.78, 5) is 18.9. The molecular weight excluding hydrogens is 501 g/mol. The van der Waals surface area contributed by atoms with Crippen molar-refractivity contribution in [2.75, 3.05) is 5.32 Å². The highest BCUT2D eigenvalue weighted by molar-refractivity contribution is 7.15. The Kier molecular flexibility index (Phi) is 6.32. The minimum atomic E-state index is -4.68. The SMILES string of the molecule is CCc1ccc(-c2cc(C(F)(F)F)n3nc(C(=O)Nc4ccc(Cn5nc(C)cc5C)cc4)cc3n2)s1. The van der Waals surface area contributed by atoms with Crippen molar-refractivity contribution in [2.45, 2.75) is 39.9 Å². The van der Waals surface area contributed by atoms with Gasteiger partial charge in [0, 0.05) is 22.3 Å². The smallest absolute Gasteiger partial charge is 0.321 e. The summed E-state index contributed by atoms with van der Waals surface area (Å²) in [6.45, 7) is 6.47. The van der Waals surface area contributed by atoms with Crippen LogP contribution in [0.4, 0.5) is 18.9 Å². The maximum Gasteiger partial charge on any atom is 0.433 e. The van der Waals surface area contributed by atoms with Gasteiger partial charge in [-0.2, -0.15) is 23.4 Å². The number of alkyl halides is 3. The Morgan fingerprint density at radius 3 is 2.41 bits per heavy atom. The summed E-state index contributed by atoms with van der Waals surface area (Å²) in [6, 6.07) is 15.0. The van der Waals surface area contributed by atoms with Gasteiger partial charge in [-0.15, -0.1) is 11.3 Å². The van der Waals surface area contributed by atoms with Gasteiger partial charge >= 0.3 is 6.18 Å². The normalized spacial score (nSPS) is 11.8. The van der Waals surface area contributed by atoms with Gasteiger partial charge in [-0.1, -0.05) is 19.1 Å². The number of carbonyl (C=O) groups excluding carboxylic acids is 1. The Balaban J connectivity index is 1.40. The zero-order valence-electron chi connectivity index (χ0n) is 20.3. The summed E-state index contributed by atoms with van der Waals surface area (Å²) >= 11 is 1.39. The fourth-order valence-corrected chi connectivity index (χ4v) is 4.92. The quantitative estimate of drug-likeness (QED) is 0.289. The van der Waals surface area contributed by atoms with Crippen LogP contribution in [-0.2, 0) is 19.1 Å². The zero-order chi connectivity index (χ0) is 26.3. The summed E-state index contributed by atoms with van der Waals surface area (Å²) in [7, 11) is 0. The van der Waals surface area contributed by atoms with Crippen LogP contribution >= 0.6 is 11.3 Å². The number of fused-ring (bicyclic) bond motifs is 1. The molecule has 0 atom stereocenters. The maximum atomic E-state index is 13.9. The molecule has 0 saturated carbocycles. The van der Waals surface area contributed by atoms with Gasteiger partial charge in [0.15, 0.2) is 17.0 Å². The second-order valence-electron chi connectivity index (χ2n) is 8.68. The highest BCUT2D eigenvalue weighted by Crippen LogP contribution is 2.34. The van der Waals surface area contributed by atoms with E-state index in [0.29, 0.717) is 21.6 Å². The van der Waals surface area contributed by atoms with Gasteiger partial charge in [-0.25, -0.2) is 9.50 Å². The largest absolute Gasteiger partial charge is 0.433 e. The number of anilines is 1. The van der Waals surface area contributed by atoms with Gasteiger partial charge in [0.2, 0.25) is 0 Å². The Labute approximate surface area is 214 Å². The first-order valence-corrected chi connectivity index (χ1v) is 12.4. The van der Waals surface area contributed by atoms with Gasteiger partial charge in [0.1, 0.15) is 0 Å². The molecule has 37 heavy (non-hydrogen) atoms. The Morgan fingerprint density at radius 1 is 1.03 bits per heavy atom. The molecule has 0 aliphatic carbocycles. The fraction of sp³-hybridized carbons (Fsp3) is 0.231. The fourth-order valence-electron chi connectivity index (χ4n) is 4.02. The van der Waals surface area contributed by atoms with Crippen LogP contribution in [0, 0.1) is 13.8 Å². The number of benzene rings is 1. The summed E-state index contributed by atoms with van der Waals surface area (Å²) in [5.41, 5.74) is 2.44. The number of nitrogens with zero attached hydrogens (tertiary/aromatic N) is 5. The lowest BCUT2D eigenvalue weighted by atomic mass is 10.2. The van der Waals surface area contributed by atoms with Crippen LogP contribution in [0.1, 0.15) is 44.9 Å². The second kappa shape index (κ2) is 9.47. The van der Waals surface area contributed by atoms with E-state index in [9.17, 15) is 18.0 Å². The number of amides is 1. The van der Waals surface area contributed by atoms with E-state index in [1.54, 1.807) is 18.2 Å². The van der Waals surface area contributed by atoms with Crippen LogP contribution in [0.2, 0.25) is 0 Å². The average Bonchev–Trinajstić information content (AvgIpc) is 3.57. The molecule has 0 fully saturated rings. The van der Waals surface area contributed by atoms with Gasteiger partial charge in [-0.3, -0.25) is 9.48 Å². The summed E-state index contributed by atoms with van der Waals surface area (Å²) in [6.07, 6.45) is -3.90. The van der Waals surface area contributed by atoms with E-state index in [1.807, 2.05) is 49.7 Å². The molecule has 4 heterocycles. The topological polar surface area (TPSA) is 77.1 Å². The second-order valence-corrected chi connectivity index (χ2v) is 9.85. The molecular formula is C26H23F3N6OS. The third-order valence-electron chi connectivity index (χ3n) is 5.86. The number of halogens is 3. The van der Waals surface area contributed by atoms with E-state index in [-0.39, 0.29) is 17.0 Å². The van der Waals surface area contributed by atoms with E-state index in [4.69, 9.17) is 0 Å². The molecule has 0 unspecified atom stereocenters. The molecule has 5 aromatic rings. The number of aryl methyl sites for hydroxylation is 3. The van der Waals surface area contributed by atoms with E-state index < -0.39 is 17.8 Å². The first-order valence-electron chi connectivity index (χ1n) is 11.6. The minimum Gasteiger partial charge on any atom is -0.321 e. The number of hydrogen-bond acceptors (Lipinski definition) is 5. The van der Waals surface area contributed by atoms with Crippen molar-refractivity contribution in [3.8, 4) is 10.6 Å². The maximum absolute atomic E-state index is 13.9. The van der Waals surface area contributed by atoms with Gasteiger partial charge < -0.3 is 5.32 Å². The number of thiophene rings is 1. The lowest BCUT2D eigenvalue weighted by Gasteiger charge is -2.10. The molecule has 0 radical (unpaired) electrons. The van der Waals surface area contributed by atoms with Crippen molar-refractivity contribution < 1.29 is 18.0 Å². The lowest BCUT2D eigenvalue weighted by Crippen LogP contribution is -2.15. The standard InChI is InChI=1S/C26H23F3N6OS/c1-4-19-9-10-22(37-19)20-12-23(26(27,28)29)35-24(31-20)13-21(33-35)25(36)30-18-7-5-17(6-8-18)14-34-16(3)11-15(2)32-34/h5-13H,4,14H2,1-3H3,(H,30,36). The van der Waals surface area contributed by atoms with Gasteiger partial charge in [-0.05, 0) is 62.2 Å². The molecule has 1 N–H and O–H groups in total. The monoisotopic (exact) mass is 524 g/mol. The molecule has 4 aromatic heterocycles. The number of nitrogens with one attached hydrogen (secondary N) is 1. The predicted molar refractivity (Wildman–Crippen MR) is 136 cm³/mol. The first kappa shape index (κ1) is 24.7. The van der Waals surface area contributed by atoms with Crippen molar-refractivity contribution >= 4 is 28.6 Å². The van der Waals surface area contributed by atoms with E-state index in [2.05, 4.69) is 20.5 Å². The van der Waals surface area contributed by atoms with Crippen LogP contribution in [-0.4, -0.2) is 30.3 Å². The molecule has 11 heteroatoms. The Morgan fingerprint density at radius 2 is 1.78 bits per heavy atom. The number of hydrogen-bond donors (Lipinski definition) is 1. The van der Waals surface area contributed by atoms with Gasteiger partial charge in [0.25, 0.3) is 5.91 Å². The average molecular weight is 525 g/mol.